The first kappa shape index (κ1) is 16.5. The van der Waals surface area contributed by atoms with Crippen LogP contribution in [0.1, 0.15) is 32.9 Å². The molecule has 0 atom stereocenters. The number of hydrogen-bond donors (Lipinski definition) is 1. The molecule has 0 fully saturated rings. The van der Waals surface area contributed by atoms with E-state index in [9.17, 15) is 4.79 Å². The highest BCUT2D eigenvalue weighted by Gasteiger charge is 2.19. The molecule has 0 unspecified atom stereocenters. The number of rotatable bonds is 4. The molecular weight excluding hydrogens is 312 g/mol. The van der Waals surface area contributed by atoms with Crippen LogP contribution in [0, 0.1) is 25.2 Å². The van der Waals surface area contributed by atoms with Crippen LogP contribution in [0.3, 0.4) is 0 Å². The van der Waals surface area contributed by atoms with Gasteiger partial charge in [0, 0.05) is 6.54 Å². The summed E-state index contributed by atoms with van der Waals surface area (Å²) in [5.74, 6) is -0.151. The van der Waals surface area contributed by atoms with Crippen LogP contribution in [0.5, 0.6) is 0 Å². The fourth-order valence-electron chi connectivity index (χ4n) is 2.76. The lowest BCUT2D eigenvalue weighted by Gasteiger charge is -2.07. The lowest BCUT2D eigenvalue weighted by Crippen LogP contribution is -2.24. The molecule has 1 aromatic heterocycles. The molecule has 0 aliphatic rings. The Kier molecular flexibility index (Phi) is 4.62. The van der Waals surface area contributed by atoms with Gasteiger partial charge in [0.15, 0.2) is 0 Å². The van der Waals surface area contributed by atoms with Crippen molar-refractivity contribution in [2.24, 2.45) is 0 Å². The number of aromatic nitrogens is 2. The van der Waals surface area contributed by atoms with Crippen molar-refractivity contribution in [2.75, 3.05) is 0 Å². The van der Waals surface area contributed by atoms with Crippen molar-refractivity contribution in [2.45, 2.75) is 20.4 Å². The smallest absolute Gasteiger partial charge is 0.255 e. The number of amides is 1. The highest BCUT2D eigenvalue weighted by molar-refractivity contribution is 5.96. The standard InChI is InChI=1S/C20H18N4O/c1-14-19(15(2)24(23-14)18-6-4-3-5-7-18)20(25)22-13-17-10-8-16(12-21)9-11-17/h3-11H,13H2,1-2H3,(H,22,25). The molecule has 0 spiro atoms. The van der Waals surface area contributed by atoms with E-state index in [0.29, 0.717) is 23.4 Å². The van der Waals surface area contributed by atoms with Gasteiger partial charge in [-0.1, -0.05) is 30.3 Å². The predicted molar refractivity (Wildman–Crippen MR) is 95.4 cm³/mol. The van der Waals surface area contributed by atoms with Crippen LogP contribution in [0.25, 0.3) is 5.69 Å². The van der Waals surface area contributed by atoms with Crippen LogP contribution in [0.15, 0.2) is 54.6 Å². The quantitative estimate of drug-likeness (QED) is 0.798. The molecule has 3 rings (SSSR count). The third-order valence-corrected chi connectivity index (χ3v) is 4.06. The SMILES string of the molecule is Cc1nn(-c2ccccc2)c(C)c1C(=O)NCc1ccc(C#N)cc1. The summed E-state index contributed by atoms with van der Waals surface area (Å²) in [6, 6.07) is 19.0. The summed E-state index contributed by atoms with van der Waals surface area (Å²) < 4.78 is 1.78. The molecule has 3 aromatic rings. The van der Waals surface area contributed by atoms with Crippen LogP contribution >= 0.6 is 0 Å². The second-order valence-corrected chi connectivity index (χ2v) is 5.78. The molecule has 5 heteroatoms. The zero-order chi connectivity index (χ0) is 17.8. The van der Waals surface area contributed by atoms with Crippen molar-refractivity contribution < 1.29 is 4.79 Å². The molecule has 0 radical (unpaired) electrons. The predicted octanol–water partition coefficient (Wildman–Crippen LogP) is 3.29. The normalized spacial score (nSPS) is 10.3. The van der Waals surface area contributed by atoms with Gasteiger partial charge in [-0.15, -0.1) is 0 Å². The van der Waals surface area contributed by atoms with Crippen molar-refractivity contribution in [1.29, 1.82) is 5.26 Å². The Hall–Kier alpha value is -3.39. The first-order chi connectivity index (χ1) is 12.1. The molecule has 0 bridgehead atoms. The van der Waals surface area contributed by atoms with E-state index < -0.39 is 0 Å². The minimum atomic E-state index is -0.151. The number of nitrogens with zero attached hydrogens (tertiary/aromatic N) is 3. The molecule has 1 N–H and O–H groups in total. The summed E-state index contributed by atoms with van der Waals surface area (Å²) in [5.41, 5.74) is 4.57. The van der Waals surface area contributed by atoms with Gasteiger partial charge in [0.25, 0.3) is 5.91 Å². The average molecular weight is 330 g/mol. The van der Waals surface area contributed by atoms with E-state index in [1.54, 1.807) is 16.8 Å². The summed E-state index contributed by atoms with van der Waals surface area (Å²) in [4.78, 5) is 12.6. The number of nitriles is 1. The van der Waals surface area contributed by atoms with Gasteiger partial charge in [-0.25, -0.2) is 4.68 Å². The zero-order valence-electron chi connectivity index (χ0n) is 14.2. The molecule has 25 heavy (non-hydrogen) atoms. The number of carbonyl (C=O) groups is 1. The molecule has 5 nitrogen and oxygen atoms in total. The molecule has 2 aromatic carbocycles. The first-order valence-electron chi connectivity index (χ1n) is 7.99. The molecule has 0 saturated heterocycles. The summed E-state index contributed by atoms with van der Waals surface area (Å²) in [6.45, 7) is 4.13. The van der Waals surface area contributed by atoms with Crippen molar-refractivity contribution >= 4 is 5.91 Å². The third kappa shape index (κ3) is 3.43. The summed E-state index contributed by atoms with van der Waals surface area (Å²) >= 11 is 0. The molecule has 1 heterocycles. The van der Waals surface area contributed by atoms with Crippen molar-refractivity contribution in [1.82, 2.24) is 15.1 Å². The van der Waals surface area contributed by atoms with Crippen LogP contribution in [0.4, 0.5) is 0 Å². The fourth-order valence-corrected chi connectivity index (χ4v) is 2.76. The molecule has 0 saturated carbocycles. The Balaban J connectivity index is 1.78. The van der Waals surface area contributed by atoms with Gasteiger partial charge in [-0.3, -0.25) is 4.79 Å². The zero-order valence-corrected chi connectivity index (χ0v) is 14.2. The maximum Gasteiger partial charge on any atom is 0.255 e. The second-order valence-electron chi connectivity index (χ2n) is 5.78. The Bertz CT molecular complexity index is 934. The molecular formula is C20H18N4O. The maximum absolute atomic E-state index is 12.6. The second kappa shape index (κ2) is 7.02. The minimum absolute atomic E-state index is 0.151. The van der Waals surface area contributed by atoms with Gasteiger partial charge in [-0.05, 0) is 43.7 Å². The molecule has 0 aliphatic carbocycles. The van der Waals surface area contributed by atoms with Crippen molar-refractivity contribution in [3.05, 3.63) is 82.7 Å². The Morgan fingerprint density at radius 1 is 1.12 bits per heavy atom. The number of hydrogen-bond acceptors (Lipinski definition) is 3. The van der Waals surface area contributed by atoms with E-state index in [4.69, 9.17) is 5.26 Å². The largest absolute Gasteiger partial charge is 0.348 e. The monoisotopic (exact) mass is 330 g/mol. The molecule has 124 valence electrons. The fraction of sp³-hybridized carbons (Fsp3) is 0.150. The van der Waals surface area contributed by atoms with E-state index in [1.807, 2.05) is 56.3 Å². The van der Waals surface area contributed by atoms with E-state index in [-0.39, 0.29) is 5.91 Å². The van der Waals surface area contributed by atoms with Crippen LogP contribution in [0.2, 0.25) is 0 Å². The van der Waals surface area contributed by atoms with Gasteiger partial charge < -0.3 is 5.32 Å². The van der Waals surface area contributed by atoms with Gasteiger partial charge in [-0.2, -0.15) is 10.4 Å². The maximum atomic E-state index is 12.6. The van der Waals surface area contributed by atoms with E-state index in [2.05, 4.69) is 16.5 Å². The number of carbonyl (C=O) groups excluding carboxylic acids is 1. The van der Waals surface area contributed by atoms with Gasteiger partial charge in [0.1, 0.15) is 0 Å². The molecule has 1 amide bonds. The van der Waals surface area contributed by atoms with Crippen molar-refractivity contribution in [3.8, 4) is 11.8 Å². The van der Waals surface area contributed by atoms with E-state index >= 15 is 0 Å². The number of nitrogens with one attached hydrogen (secondary N) is 1. The van der Waals surface area contributed by atoms with Crippen molar-refractivity contribution in [3.63, 3.8) is 0 Å². The van der Waals surface area contributed by atoms with Crippen LogP contribution in [-0.2, 0) is 6.54 Å². The number of para-hydroxylation sites is 1. The van der Waals surface area contributed by atoms with Gasteiger partial charge >= 0.3 is 0 Å². The average Bonchev–Trinajstić information content (AvgIpc) is 2.95. The highest BCUT2D eigenvalue weighted by atomic mass is 16.1. The lowest BCUT2D eigenvalue weighted by molar-refractivity contribution is 0.0949. The first-order valence-corrected chi connectivity index (χ1v) is 7.99. The Labute approximate surface area is 146 Å². The summed E-state index contributed by atoms with van der Waals surface area (Å²) in [7, 11) is 0. The summed E-state index contributed by atoms with van der Waals surface area (Å²) in [5, 5.41) is 16.2. The van der Waals surface area contributed by atoms with E-state index in [1.165, 1.54) is 0 Å². The minimum Gasteiger partial charge on any atom is -0.348 e. The van der Waals surface area contributed by atoms with Crippen LogP contribution in [-0.4, -0.2) is 15.7 Å². The topological polar surface area (TPSA) is 70.7 Å². The lowest BCUT2D eigenvalue weighted by atomic mass is 10.1. The van der Waals surface area contributed by atoms with Crippen LogP contribution < -0.4 is 5.32 Å². The van der Waals surface area contributed by atoms with E-state index in [0.717, 1.165) is 16.9 Å². The van der Waals surface area contributed by atoms with Gasteiger partial charge in [0.05, 0.1) is 34.3 Å². The number of benzene rings is 2. The Morgan fingerprint density at radius 3 is 2.44 bits per heavy atom. The highest BCUT2D eigenvalue weighted by Crippen LogP contribution is 2.18. The summed E-state index contributed by atoms with van der Waals surface area (Å²) in [6.07, 6.45) is 0. The number of aryl methyl sites for hydroxylation is 1. The molecule has 0 aliphatic heterocycles. The van der Waals surface area contributed by atoms with Gasteiger partial charge in [0.2, 0.25) is 0 Å². The Morgan fingerprint density at radius 2 is 1.80 bits per heavy atom. The third-order valence-electron chi connectivity index (χ3n) is 4.06.